The minimum Gasteiger partial charge on any atom is -0.296 e. The molecule has 0 aromatic carbocycles. The average molecular weight is 139 g/mol. The zero-order valence-corrected chi connectivity index (χ0v) is 6.03. The van der Waals surface area contributed by atoms with Gasteiger partial charge in [-0.2, -0.15) is 15.0 Å². The molecule has 0 aliphatic heterocycles. The van der Waals surface area contributed by atoms with Crippen molar-refractivity contribution in [3.05, 3.63) is 11.4 Å². The maximum Gasteiger partial charge on any atom is 0.172 e. The highest BCUT2D eigenvalue weighted by Crippen LogP contribution is 1.95. The molecular weight excluding hydrogens is 130 g/mol. The summed E-state index contributed by atoms with van der Waals surface area (Å²) in [6.45, 7) is 4.39. The number of hydrogen-bond acceptors (Lipinski definition) is 3. The van der Waals surface area contributed by atoms with Crippen LogP contribution < -0.4 is 0 Å². The van der Waals surface area contributed by atoms with Crippen LogP contribution in [-0.2, 0) is 6.54 Å². The molecule has 0 spiro atoms. The van der Waals surface area contributed by atoms with Crippen LogP contribution >= 0.6 is 0 Å². The predicted molar refractivity (Wildman–Crippen MR) is 35.8 cm³/mol. The Morgan fingerprint density at radius 3 is 2.60 bits per heavy atom. The molecule has 4 heteroatoms. The molecule has 0 saturated carbocycles. The van der Waals surface area contributed by atoms with Crippen molar-refractivity contribution in [1.29, 1.82) is 0 Å². The van der Waals surface area contributed by atoms with E-state index < -0.39 is 0 Å². The number of nitrogens with zero attached hydrogens (tertiary/aromatic N) is 3. The topological polar surface area (TPSA) is 47.8 Å². The van der Waals surface area contributed by atoms with Crippen molar-refractivity contribution < 1.29 is 4.79 Å². The van der Waals surface area contributed by atoms with E-state index in [4.69, 9.17) is 0 Å². The van der Waals surface area contributed by atoms with Crippen LogP contribution in [0.5, 0.6) is 0 Å². The molecule has 54 valence electrons. The normalized spacial score (nSPS) is 9.80. The Morgan fingerprint density at radius 1 is 1.60 bits per heavy atom. The number of aryl methyl sites for hydroxylation is 2. The molecular formula is C6H9N3O. The molecule has 0 aliphatic rings. The molecule has 0 radical (unpaired) electrons. The first-order valence-corrected chi connectivity index (χ1v) is 3.14. The molecule has 4 nitrogen and oxygen atoms in total. The molecule has 1 aromatic heterocycles. The van der Waals surface area contributed by atoms with Gasteiger partial charge >= 0.3 is 0 Å². The highest BCUT2D eigenvalue weighted by atomic mass is 16.1. The number of hydrogen-bond donors (Lipinski definition) is 0. The van der Waals surface area contributed by atoms with Crippen LogP contribution in [0.4, 0.5) is 0 Å². The number of carbonyl (C=O) groups is 1. The van der Waals surface area contributed by atoms with E-state index >= 15 is 0 Å². The second-order valence-electron chi connectivity index (χ2n) is 1.98. The molecule has 0 N–H and O–H groups in total. The van der Waals surface area contributed by atoms with E-state index in [1.54, 1.807) is 6.92 Å². The summed E-state index contributed by atoms with van der Waals surface area (Å²) in [7, 11) is 0. The van der Waals surface area contributed by atoms with E-state index in [2.05, 4.69) is 10.2 Å². The van der Waals surface area contributed by atoms with Gasteiger partial charge in [0.25, 0.3) is 0 Å². The van der Waals surface area contributed by atoms with Gasteiger partial charge in [-0.25, -0.2) is 0 Å². The molecule has 0 atom stereocenters. The van der Waals surface area contributed by atoms with Gasteiger partial charge in [0, 0.05) is 0 Å². The Labute approximate surface area is 58.8 Å². The summed E-state index contributed by atoms with van der Waals surface area (Å²) >= 11 is 0. The summed E-state index contributed by atoms with van der Waals surface area (Å²) in [5, 5.41) is 7.86. The molecule has 0 aliphatic carbocycles. The van der Waals surface area contributed by atoms with E-state index in [9.17, 15) is 4.79 Å². The van der Waals surface area contributed by atoms with Crippen LogP contribution in [0.2, 0.25) is 0 Å². The molecule has 0 amide bonds. The van der Waals surface area contributed by atoms with Crippen LogP contribution in [0.3, 0.4) is 0 Å². The van der Waals surface area contributed by atoms with Gasteiger partial charge in [-0.05, 0) is 13.8 Å². The molecule has 0 bridgehead atoms. The molecule has 1 aromatic rings. The Kier molecular flexibility index (Phi) is 1.80. The van der Waals surface area contributed by atoms with E-state index in [0.29, 0.717) is 24.2 Å². The fourth-order valence-corrected chi connectivity index (χ4v) is 0.694. The molecule has 1 rings (SSSR count). The summed E-state index contributed by atoms with van der Waals surface area (Å²) in [5.41, 5.74) is 1.12. The Bertz CT molecular complexity index is 241. The van der Waals surface area contributed by atoms with Crippen molar-refractivity contribution in [2.75, 3.05) is 0 Å². The Balaban J connectivity index is 3.03. The lowest BCUT2D eigenvalue weighted by Gasteiger charge is -1.86. The first kappa shape index (κ1) is 6.92. The molecule has 1 heterocycles. The van der Waals surface area contributed by atoms with Crippen LogP contribution in [-0.4, -0.2) is 21.3 Å². The fourth-order valence-electron chi connectivity index (χ4n) is 0.694. The van der Waals surface area contributed by atoms with Gasteiger partial charge in [-0.3, -0.25) is 4.79 Å². The number of aromatic nitrogens is 3. The van der Waals surface area contributed by atoms with Gasteiger partial charge in [0.15, 0.2) is 6.29 Å². The zero-order chi connectivity index (χ0) is 7.56. The fraction of sp³-hybridized carbons (Fsp3) is 0.500. The molecule has 0 unspecified atom stereocenters. The van der Waals surface area contributed by atoms with Gasteiger partial charge in [-0.15, -0.1) is 0 Å². The summed E-state index contributed by atoms with van der Waals surface area (Å²) in [6, 6.07) is 0. The minimum atomic E-state index is 0.432. The van der Waals surface area contributed by atoms with E-state index in [0.717, 1.165) is 0 Å². The average Bonchev–Trinajstić information content (AvgIpc) is 2.30. The summed E-state index contributed by atoms with van der Waals surface area (Å²) in [4.78, 5) is 11.7. The standard InChI is InChI=1S/C6H9N3O/c1-3-9-7-5(2)6(4-10)8-9/h4H,3H2,1-2H3. The number of rotatable bonds is 2. The monoisotopic (exact) mass is 139 g/mol. The van der Waals surface area contributed by atoms with E-state index in [1.165, 1.54) is 4.80 Å². The number of carbonyl (C=O) groups excluding carboxylic acids is 1. The van der Waals surface area contributed by atoms with Crippen molar-refractivity contribution in [2.24, 2.45) is 0 Å². The predicted octanol–water partition coefficient (Wildman–Crippen LogP) is 0.419. The summed E-state index contributed by atoms with van der Waals surface area (Å²) in [5.74, 6) is 0. The molecule has 10 heavy (non-hydrogen) atoms. The zero-order valence-electron chi connectivity index (χ0n) is 6.03. The highest BCUT2D eigenvalue weighted by molar-refractivity contribution is 5.72. The largest absolute Gasteiger partial charge is 0.296 e. The van der Waals surface area contributed by atoms with Gasteiger partial charge in [-0.1, -0.05) is 0 Å². The SMILES string of the molecule is CCn1nc(C)c(C=O)n1. The first-order chi connectivity index (χ1) is 4.77. The van der Waals surface area contributed by atoms with Crippen LogP contribution in [0, 0.1) is 6.92 Å². The van der Waals surface area contributed by atoms with Gasteiger partial charge < -0.3 is 0 Å². The van der Waals surface area contributed by atoms with Crippen molar-refractivity contribution in [1.82, 2.24) is 15.0 Å². The van der Waals surface area contributed by atoms with Gasteiger partial charge in [0.1, 0.15) is 5.69 Å². The van der Waals surface area contributed by atoms with Crippen molar-refractivity contribution in [2.45, 2.75) is 20.4 Å². The quantitative estimate of drug-likeness (QED) is 0.558. The van der Waals surface area contributed by atoms with Crippen molar-refractivity contribution in [3.63, 3.8) is 0 Å². The number of aldehydes is 1. The summed E-state index contributed by atoms with van der Waals surface area (Å²) in [6.07, 6.45) is 0.717. The minimum absolute atomic E-state index is 0.432. The third kappa shape index (κ3) is 1.05. The van der Waals surface area contributed by atoms with E-state index in [-0.39, 0.29) is 0 Å². The Hall–Kier alpha value is -1.19. The summed E-state index contributed by atoms with van der Waals surface area (Å²) < 4.78 is 0. The smallest absolute Gasteiger partial charge is 0.172 e. The van der Waals surface area contributed by atoms with Gasteiger partial charge in [0.2, 0.25) is 0 Å². The maximum atomic E-state index is 10.2. The first-order valence-electron chi connectivity index (χ1n) is 3.14. The Morgan fingerprint density at radius 2 is 2.30 bits per heavy atom. The third-order valence-electron chi connectivity index (χ3n) is 1.25. The van der Waals surface area contributed by atoms with Crippen molar-refractivity contribution in [3.8, 4) is 0 Å². The van der Waals surface area contributed by atoms with Crippen molar-refractivity contribution >= 4 is 6.29 Å². The third-order valence-corrected chi connectivity index (χ3v) is 1.25. The van der Waals surface area contributed by atoms with Crippen LogP contribution in [0.1, 0.15) is 23.1 Å². The lowest BCUT2D eigenvalue weighted by atomic mass is 10.4. The van der Waals surface area contributed by atoms with Crippen LogP contribution in [0.15, 0.2) is 0 Å². The molecule has 0 fully saturated rings. The van der Waals surface area contributed by atoms with Crippen LogP contribution in [0.25, 0.3) is 0 Å². The lowest BCUT2D eigenvalue weighted by molar-refractivity contribution is 0.111. The second-order valence-corrected chi connectivity index (χ2v) is 1.98. The highest BCUT2D eigenvalue weighted by Gasteiger charge is 2.02. The molecule has 0 saturated heterocycles. The van der Waals surface area contributed by atoms with E-state index in [1.807, 2.05) is 6.92 Å². The van der Waals surface area contributed by atoms with Gasteiger partial charge in [0.05, 0.1) is 12.2 Å². The lowest BCUT2D eigenvalue weighted by Crippen LogP contribution is -1.98. The maximum absolute atomic E-state index is 10.2. The second kappa shape index (κ2) is 2.60.